The molecule has 0 saturated carbocycles. The number of piperidine rings is 1. The van der Waals surface area contributed by atoms with Gasteiger partial charge in [-0.15, -0.1) is 0 Å². The van der Waals surface area contributed by atoms with Crippen LogP contribution >= 0.6 is 11.6 Å². The topological polar surface area (TPSA) is 38.1 Å². The van der Waals surface area contributed by atoms with Gasteiger partial charge in [0.25, 0.3) is 0 Å². The van der Waals surface area contributed by atoms with Crippen molar-refractivity contribution in [3.63, 3.8) is 0 Å². The Balaban J connectivity index is 1.96. The number of rotatable bonds is 1. The summed E-state index contributed by atoms with van der Waals surface area (Å²) in [6.07, 6.45) is 5.41. The van der Waals surface area contributed by atoms with E-state index in [1.807, 2.05) is 15.8 Å². The van der Waals surface area contributed by atoms with E-state index >= 15 is 0 Å². The van der Waals surface area contributed by atoms with E-state index in [1.54, 1.807) is 13.1 Å². The van der Waals surface area contributed by atoms with Gasteiger partial charge in [0.1, 0.15) is 0 Å². The molecule has 0 unspecified atom stereocenters. The summed E-state index contributed by atoms with van der Waals surface area (Å²) < 4.78 is 1.90. The van der Waals surface area contributed by atoms with Crippen LogP contribution in [0.3, 0.4) is 0 Å². The lowest BCUT2D eigenvalue weighted by Crippen LogP contribution is -2.37. The molecule has 1 aromatic rings. The Morgan fingerprint density at radius 3 is 2.67 bits per heavy atom. The number of likely N-dealkylation sites (tertiary alicyclic amines) is 1. The fourth-order valence-corrected chi connectivity index (χ4v) is 2.10. The lowest BCUT2D eigenvalue weighted by atomic mass is 10.1. The van der Waals surface area contributed by atoms with E-state index in [1.165, 1.54) is 0 Å². The van der Waals surface area contributed by atoms with E-state index in [0.717, 1.165) is 25.9 Å². The molecule has 1 saturated heterocycles. The minimum atomic E-state index is 0.159. The molecule has 0 atom stereocenters. The van der Waals surface area contributed by atoms with Gasteiger partial charge in [0.15, 0.2) is 0 Å². The number of carbonyl (C=O) groups is 1. The normalized spacial score (nSPS) is 18.1. The Morgan fingerprint density at radius 2 is 2.20 bits per heavy atom. The van der Waals surface area contributed by atoms with Crippen molar-refractivity contribution in [2.45, 2.75) is 25.8 Å². The number of nitrogens with zero attached hydrogens (tertiary/aromatic N) is 3. The predicted octanol–water partition coefficient (Wildman–Crippen LogP) is 1.72. The molecular formula is C10H14ClN3O. The third kappa shape index (κ3) is 2.31. The van der Waals surface area contributed by atoms with Gasteiger partial charge in [0.2, 0.25) is 5.91 Å². The van der Waals surface area contributed by atoms with E-state index in [2.05, 4.69) is 5.10 Å². The highest BCUT2D eigenvalue weighted by Crippen LogP contribution is 2.22. The summed E-state index contributed by atoms with van der Waals surface area (Å²) in [6, 6.07) is 0.382. The SMILES string of the molecule is CC(=O)N1CCC(n2cc(Cl)cn2)CC1. The maximum Gasteiger partial charge on any atom is 0.219 e. The minimum absolute atomic E-state index is 0.159. The van der Waals surface area contributed by atoms with Gasteiger partial charge in [0.05, 0.1) is 17.3 Å². The van der Waals surface area contributed by atoms with Crippen molar-refractivity contribution in [3.8, 4) is 0 Å². The van der Waals surface area contributed by atoms with Gasteiger partial charge in [-0.1, -0.05) is 11.6 Å². The second kappa shape index (κ2) is 4.23. The lowest BCUT2D eigenvalue weighted by molar-refractivity contribution is -0.130. The van der Waals surface area contributed by atoms with Crippen LogP contribution < -0.4 is 0 Å². The van der Waals surface area contributed by atoms with Crippen LogP contribution in [0.2, 0.25) is 5.02 Å². The van der Waals surface area contributed by atoms with E-state index in [0.29, 0.717) is 11.1 Å². The number of carbonyl (C=O) groups excluding carboxylic acids is 1. The summed E-state index contributed by atoms with van der Waals surface area (Å²) in [6.45, 7) is 3.25. The molecule has 1 aromatic heterocycles. The third-order valence-electron chi connectivity index (χ3n) is 2.85. The van der Waals surface area contributed by atoms with Crippen LogP contribution in [0, 0.1) is 0 Å². The summed E-state index contributed by atoms with van der Waals surface area (Å²) in [5.41, 5.74) is 0. The molecule has 82 valence electrons. The fourth-order valence-electron chi connectivity index (χ4n) is 1.96. The highest BCUT2D eigenvalue weighted by Gasteiger charge is 2.22. The van der Waals surface area contributed by atoms with Crippen LogP contribution in [0.15, 0.2) is 12.4 Å². The molecular weight excluding hydrogens is 214 g/mol. The first-order chi connectivity index (χ1) is 7.16. The molecule has 2 heterocycles. The number of amides is 1. The van der Waals surface area contributed by atoms with Gasteiger partial charge >= 0.3 is 0 Å². The second-order valence-corrected chi connectivity index (χ2v) is 4.31. The Morgan fingerprint density at radius 1 is 1.53 bits per heavy atom. The van der Waals surface area contributed by atoms with Gasteiger partial charge in [-0.25, -0.2) is 0 Å². The summed E-state index contributed by atoms with van der Waals surface area (Å²) in [5.74, 6) is 0.159. The number of aromatic nitrogens is 2. The largest absolute Gasteiger partial charge is 0.343 e. The monoisotopic (exact) mass is 227 g/mol. The molecule has 1 fully saturated rings. The van der Waals surface area contributed by atoms with E-state index in [-0.39, 0.29) is 5.91 Å². The maximum absolute atomic E-state index is 11.1. The van der Waals surface area contributed by atoms with Crippen molar-refractivity contribution in [2.75, 3.05) is 13.1 Å². The molecule has 1 aliphatic heterocycles. The van der Waals surface area contributed by atoms with Crippen LogP contribution in [0.4, 0.5) is 0 Å². The first-order valence-corrected chi connectivity index (χ1v) is 5.50. The molecule has 0 N–H and O–H groups in total. The molecule has 0 spiro atoms. The lowest BCUT2D eigenvalue weighted by Gasteiger charge is -2.31. The summed E-state index contributed by atoms with van der Waals surface area (Å²) in [7, 11) is 0. The zero-order chi connectivity index (χ0) is 10.8. The van der Waals surface area contributed by atoms with Crippen LogP contribution in [0.5, 0.6) is 0 Å². The number of hydrogen-bond acceptors (Lipinski definition) is 2. The van der Waals surface area contributed by atoms with Crippen molar-refractivity contribution in [1.82, 2.24) is 14.7 Å². The van der Waals surface area contributed by atoms with Crippen LogP contribution in [0.25, 0.3) is 0 Å². The maximum atomic E-state index is 11.1. The van der Waals surface area contributed by atoms with Crippen LogP contribution in [-0.4, -0.2) is 33.7 Å². The Hall–Kier alpha value is -1.03. The van der Waals surface area contributed by atoms with E-state index in [9.17, 15) is 4.79 Å². The minimum Gasteiger partial charge on any atom is -0.343 e. The average Bonchev–Trinajstić information content (AvgIpc) is 2.65. The molecule has 2 rings (SSSR count). The highest BCUT2D eigenvalue weighted by molar-refractivity contribution is 6.30. The molecule has 15 heavy (non-hydrogen) atoms. The highest BCUT2D eigenvalue weighted by atomic mass is 35.5. The molecule has 5 heteroatoms. The predicted molar refractivity (Wildman–Crippen MR) is 57.8 cm³/mol. The first kappa shape index (κ1) is 10.5. The quantitative estimate of drug-likeness (QED) is 0.733. The van der Waals surface area contributed by atoms with Gasteiger partial charge in [-0.05, 0) is 12.8 Å². The average molecular weight is 228 g/mol. The Bertz CT molecular complexity index is 355. The molecule has 1 aliphatic rings. The first-order valence-electron chi connectivity index (χ1n) is 5.12. The Kier molecular flexibility index (Phi) is 2.95. The van der Waals surface area contributed by atoms with E-state index < -0.39 is 0 Å². The van der Waals surface area contributed by atoms with Crippen molar-refractivity contribution in [1.29, 1.82) is 0 Å². The van der Waals surface area contributed by atoms with Crippen molar-refractivity contribution < 1.29 is 4.79 Å². The smallest absolute Gasteiger partial charge is 0.219 e. The van der Waals surface area contributed by atoms with Crippen LogP contribution in [0.1, 0.15) is 25.8 Å². The van der Waals surface area contributed by atoms with Gasteiger partial charge in [-0.3, -0.25) is 9.48 Å². The molecule has 0 aromatic carbocycles. The molecule has 4 nitrogen and oxygen atoms in total. The number of halogens is 1. The van der Waals surface area contributed by atoms with Crippen LogP contribution in [-0.2, 0) is 4.79 Å². The molecule has 0 radical (unpaired) electrons. The second-order valence-electron chi connectivity index (χ2n) is 3.88. The third-order valence-corrected chi connectivity index (χ3v) is 3.05. The summed E-state index contributed by atoms with van der Waals surface area (Å²) in [5, 5.41) is 4.86. The molecule has 0 aliphatic carbocycles. The van der Waals surface area contributed by atoms with Crippen molar-refractivity contribution >= 4 is 17.5 Å². The van der Waals surface area contributed by atoms with Gasteiger partial charge in [0, 0.05) is 26.2 Å². The fraction of sp³-hybridized carbons (Fsp3) is 0.600. The number of hydrogen-bond donors (Lipinski definition) is 0. The Labute approximate surface area is 93.8 Å². The summed E-state index contributed by atoms with van der Waals surface area (Å²) >= 11 is 5.81. The zero-order valence-corrected chi connectivity index (χ0v) is 9.44. The van der Waals surface area contributed by atoms with Gasteiger partial charge in [-0.2, -0.15) is 5.10 Å². The van der Waals surface area contributed by atoms with Crippen molar-refractivity contribution in [3.05, 3.63) is 17.4 Å². The summed E-state index contributed by atoms with van der Waals surface area (Å²) in [4.78, 5) is 13.0. The molecule has 0 bridgehead atoms. The van der Waals surface area contributed by atoms with E-state index in [4.69, 9.17) is 11.6 Å². The van der Waals surface area contributed by atoms with Gasteiger partial charge < -0.3 is 4.90 Å². The van der Waals surface area contributed by atoms with Crippen molar-refractivity contribution in [2.24, 2.45) is 0 Å². The zero-order valence-electron chi connectivity index (χ0n) is 8.69. The standard InChI is InChI=1S/C10H14ClN3O/c1-8(15)13-4-2-10(3-5-13)14-7-9(11)6-12-14/h6-7,10H,2-5H2,1H3. The molecule has 1 amide bonds.